The molecule has 0 radical (unpaired) electrons. The lowest BCUT2D eigenvalue weighted by molar-refractivity contribution is 0.844. The van der Waals surface area contributed by atoms with Gasteiger partial charge in [-0.1, -0.05) is 24.3 Å². The molecule has 0 saturated heterocycles. The summed E-state index contributed by atoms with van der Waals surface area (Å²) in [7, 11) is 1.77. The molecule has 6 nitrogen and oxygen atoms in total. The van der Waals surface area contributed by atoms with Gasteiger partial charge in [0.15, 0.2) is 0 Å². The fraction of sp³-hybridized carbons (Fsp3) is 0.154. The van der Waals surface area contributed by atoms with Gasteiger partial charge in [0.1, 0.15) is 0 Å². The number of aryl methyl sites for hydroxylation is 1. The van der Waals surface area contributed by atoms with Crippen LogP contribution in [0.2, 0.25) is 0 Å². The number of aromatic nitrogens is 4. The van der Waals surface area contributed by atoms with E-state index in [-0.39, 0.29) is 11.1 Å². The summed E-state index contributed by atoms with van der Waals surface area (Å²) in [6.45, 7) is 0. The maximum atomic E-state index is 13.3. The van der Waals surface area contributed by atoms with Crippen LogP contribution in [0.5, 0.6) is 0 Å². The van der Waals surface area contributed by atoms with Crippen molar-refractivity contribution in [3.05, 3.63) is 89.2 Å². The van der Waals surface area contributed by atoms with E-state index in [2.05, 4.69) is 22.1 Å². The van der Waals surface area contributed by atoms with Crippen molar-refractivity contribution in [3.8, 4) is 22.9 Å². The molecule has 1 aliphatic carbocycles. The average molecular weight is 417 g/mol. The van der Waals surface area contributed by atoms with Gasteiger partial charge in [-0.15, -0.1) is 0 Å². The number of hydrogen-bond donors (Lipinski definition) is 0. The number of rotatable bonds is 3. The maximum Gasteiger partial charge on any atom is 0.333 e. The third-order valence-corrected chi connectivity index (χ3v) is 6.52. The molecule has 5 aromatic rings. The first-order valence-corrected chi connectivity index (χ1v) is 10.5. The van der Waals surface area contributed by atoms with Crippen molar-refractivity contribution in [1.82, 2.24) is 19.1 Å². The minimum absolute atomic E-state index is 0.129. The van der Waals surface area contributed by atoms with Crippen molar-refractivity contribution < 1.29 is 0 Å². The highest BCUT2D eigenvalue weighted by Gasteiger charge is 2.44. The molecule has 32 heavy (non-hydrogen) atoms. The molecule has 1 fully saturated rings. The van der Waals surface area contributed by atoms with Crippen LogP contribution in [-0.2, 0) is 12.5 Å². The number of imidazole rings is 1. The Hall–Kier alpha value is -4.24. The third kappa shape index (κ3) is 2.61. The highest BCUT2D eigenvalue weighted by Crippen LogP contribution is 2.47. The second-order valence-corrected chi connectivity index (χ2v) is 8.38. The number of fused-ring (bicyclic) bond motifs is 3. The third-order valence-electron chi connectivity index (χ3n) is 6.52. The summed E-state index contributed by atoms with van der Waals surface area (Å²) in [5.74, 6) is 0. The largest absolute Gasteiger partial charge is 0.333 e. The topological polar surface area (TPSA) is 76.5 Å². The fourth-order valence-electron chi connectivity index (χ4n) is 4.47. The summed E-state index contributed by atoms with van der Waals surface area (Å²) < 4.78 is 3.37. The zero-order chi connectivity index (χ0) is 21.9. The van der Waals surface area contributed by atoms with Gasteiger partial charge in [0.2, 0.25) is 0 Å². The summed E-state index contributed by atoms with van der Waals surface area (Å²) in [5.41, 5.74) is 5.75. The average Bonchev–Trinajstić information content (AvgIpc) is 3.61. The maximum absolute atomic E-state index is 13.3. The van der Waals surface area contributed by atoms with Gasteiger partial charge in [0.05, 0.1) is 39.9 Å². The van der Waals surface area contributed by atoms with Crippen molar-refractivity contribution >= 4 is 21.9 Å². The van der Waals surface area contributed by atoms with Crippen LogP contribution in [-0.4, -0.2) is 19.1 Å². The van der Waals surface area contributed by atoms with Gasteiger partial charge in [0, 0.05) is 30.4 Å². The van der Waals surface area contributed by atoms with Crippen molar-refractivity contribution in [2.75, 3.05) is 0 Å². The predicted octanol–water partition coefficient (Wildman–Crippen LogP) is 4.49. The number of pyridine rings is 2. The summed E-state index contributed by atoms with van der Waals surface area (Å²) >= 11 is 0. The molecular weight excluding hydrogens is 398 g/mol. The number of nitrogens with zero attached hydrogens (tertiary/aromatic N) is 5. The monoisotopic (exact) mass is 417 g/mol. The second kappa shape index (κ2) is 6.63. The van der Waals surface area contributed by atoms with Gasteiger partial charge in [-0.2, -0.15) is 5.26 Å². The van der Waals surface area contributed by atoms with Crippen LogP contribution in [0.1, 0.15) is 18.4 Å². The SMILES string of the molecule is Cn1c(=O)n(-c2ccc(C3(C#N)CC3)cc2)c2c3cc(-c4cccnc4)ccc3ncc21. The van der Waals surface area contributed by atoms with E-state index < -0.39 is 0 Å². The van der Waals surface area contributed by atoms with E-state index in [1.165, 1.54) is 0 Å². The molecule has 154 valence electrons. The first kappa shape index (κ1) is 18.5. The van der Waals surface area contributed by atoms with E-state index in [1.54, 1.807) is 28.6 Å². The van der Waals surface area contributed by atoms with Gasteiger partial charge < -0.3 is 0 Å². The van der Waals surface area contributed by atoms with E-state index in [9.17, 15) is 10.1 Å². The van der Waals surface area contributed by atoms with Crippen LogP contribution >= 0.6 is 0 Å². The molecule has 3 aromatic heterocycles. The molecule has 0 spiro atoms. The summed E-state index contributed by atoms with van der Waals surface area (Å²) in [4.78, 5) is 22.1. The molecule has 2 aromatic carbocycles. The molecule has 0 amide bonds. The van der Waals surface area contributed by atoms with Crippen LogP contribution in [0.25, 0.3) is 38.8 Å². The van der Waals surface area contributed by atoms with Gasteiger partial charge in [-0.05, 0) is 54.3 Å². The van der Waals surface area contributed by atoms with Crippen LogP contribution in [0.15, 0.2) is 78.0 Å². The van der Waals surface area contributed by atoms with Crippen LogP contribution in [0, 0.1) is 11.3 Å². The smallest absolute Gasteiger partial charge is 0.293 e. The highest BCUT2D eigenvalue weighted by atomic mass is 16.1. The first-order chi connectivity index (χ1) is 15.6. The van der Waals surface area contributed by atoms with Gasteiger partial charge in [0.25, 0.3) is 0 Å². The summed E-state index contributed by atoms with van der Waals surface area (Å²) in [6, 6.07) is 20.2. The van der Waals surface area contributed by atoms with Gasteiger partial charge >= 0.3 is 5.69 Å². The Labute approximate surface area is 184 Å². The zero-order valence-corrected chi connectivity index (χ0v) is 17.5. The predicted molar refractivity (Wildman–Crippen MR) is 124 cm³/mol. The number of hydrogen-bond acceptors (Lipinski definition) is 4. The van der Waals surface area contributed by atoms with Crippen LogP contribution in [0.4, 0.5) is 0 Å². The van der Waals surface area contributed by atoms with Crippen LogP contribution < -0.4 is 5.69 Å². The normalized spacial score (nSPS) is 14.5. The molecule has 0 unspecified atom stereocenters. The lowest BCUT2D eigenvalue weighted by Crippen LogP contribution is -2.21. The molecule has 1 saturated carbocycles. The van der Waals surface area contributed by atoms with E-state index >= 15 is 0 Å². The van der Waals surface area contributed by atoms with Crippen molar-refractivity contribution in [1.29, 1.82) is 5.26 Å². The van der Waals surface area contributed by atoms with Crippen LogP contribution in [0.3, 0.4) is 0 Å². The molecule has 0 atom stereocenters. The molecule has 6 rings (SSSR count). The number of benzene rings is 2. The highest BCUT2D eigenvalue weighted by molar-refractivity contribution is 6.04. The molecular formula is C26H19N5O. The first-order valence-electron chi connectivity index (χ1n) is 10.5. The van der Waals surface area contributed by atoms with E-state index in [1.807, 2.05) is 54.7 Å². The Bertz CT molecular complexity index is 1600. The Balaban J connectivity index is 1.61. The molecule has 0 aliphatic heterocycles. The lowest BCUT2D eigenvalue weighted by Gasteiger charge is -2.10. The summed E-state index contributed by atoms with van der Waals surface area (Å²) in [6.07, 6.45) is 7.12. The minimum Gasteiger partial charge on any atom is -0.293 e. The second-order valence-electron chi connectivity index (χ2n) is 8.38. The fourth-order valence-corrected chi connectivity index (χ4v) is 4.47. The number of nitriles is 1. The molecule has 0 bridgehead atoms. The Morgan fingerprint density at radius 1 is 1.03 bits per heavy atom. The van der Waals surface area contributed by atoms with E-state index in [0.29, 0.717) is 0 Å². The molecule has 1 aliphatic rings. The zero-order valence-electron chi connectivity index (χ0n) is 17.5. The Morgan fingerprint density at radius 3 is 2.53 bits per heavy atom. The van der Waals surface area contributed by atoms with Gasteiger partial charge in [-0.3, -0.25) is 19.1 Å². The van der Waals surface area contributed by atoms with E-state index in [4.69, 9.17) is 0 Å². The van der Waals surface area contributed by atoms with Crippen molar-refractivity contribution in [2.45, 2.75) is 18.3 Å². The minimum atomic E-state index is -0.350. The van der Waals surface area contributed by atoms with Gasteiger partial charge in [-0.25, -0.2) is 4.79 Å². The quantitative estimate of drug-likeness (QED) is 0.433. The van der Waals surface area contributed by atoms with E-state index in [0.717, 1.165) is 57.2 Å². The lowest BCUT2D eigenvalue weighted by atomic mass is 9.97. The Kier molecular flexibility index (Phi) is 3.84. The van der Waals surface area contributed by atoms with Crippen molar-refractivity contribution in [2.24, 2.45) is 7.05 Å². The molecule has 6 heteroatoms. The summed E-state index contributed by atoms with van der Waals surface area (Å²) in [5, 5.41) is 10.4. The molecule has 3 heterocycles. The van der Waals surface area contributed by atoms with Crippen molar-refractivity contribution in [3.63, 3.8) is 0 Å². The standard InChI is InChI=1S/C26H19N5O/c1-30-23-15-29-22-9-4-17(18-3-2-12-28-14-18)13-21(22)24(23)31(25(30)32)20-7-5-19(6-8-20)26(16-27)10-11-26/h2-9,12-15H,10-11H2,1H3. The Morgan fingerprint density at radius 2 is 1.84 bits per heavy atom. The molecule has 0 N–H and O–H groups in total.